The van der Waals surface area contributed by atoms with E-state index in [2.05, 4.69) is 45.7 Å². The molecule has 0 saturated carbocycles. The molecule has 1 rings (SSSR count). The lowest BCUT2D eigenvalue weighted by Crippen LogP contribution is -2.37. The van der Waals surface area contributed by atoms with Crippen molar-refractivity contribution in [2.75, 3.05) is 0 Å². The molecule has 4 N–H and O–H groups in total. The van der Waals surface area contributed by atoms with Crippen LogP contribution in [0.15, 0.2) is 14.3 Å². The largest absolute Gasteiger partial charge is 0.326 e. The van der Waals surface area contributed by atoms with Crippen molar-refractivity contribution in [2.24, 2.45) is 17.4 Å². The third kappa shape index (κ3) is 2.79. The Kier molecular flexibility index (Phi) is 4.58. The lowest BCUT2D eigenvalue weighted by atomic mass is 9.97. The number of hydrogen-bond acceptors (Lipinski definition) is 3. The third-order valence-corrected chi connectivity index (χ3v) is 5.53. The zero-order chi connectivity index (χ0) is 10.9. The number of hydrogen-bond donors (Lipinski definition) is 2. The third-order valence-electron chi connectivity index (χ3n) is 2.18. The molecule has 1 heterocycles. The van der Waals surface area contributed by atoms with Crippen LogP contribution in [0.3, 0.4) is 0 Å². The maximum Gasteiger partial charge on any atom is 0.0843 e. The first-order chi connectivity index (χ1) is 6.43. The van der Waals surface area contributed by atoms with E-state index in [1.54, 1.807) is 11.3 Å². The Morgan fingerprint density at radius 1 is 1.29 bits per heavy atom. The molecule has 80 valence electrons. The molecule has 0 aromatic carbocycles. The van der Waals surface area contributed by atoms with Gasteiger partial charge in [-0.1, -0.05) is 13.8 Å². The summed E-state index contributed by atoms with van der Waals surface area (Å²) in [6.45, 7) is 4.17. The molecule has 0 amide bonds. The molecule has 0 spiro atoms. The van der Waals surface area contributed by atoms with Gasteiger partial charge in [-0.15, -0.1) is 11.3 Å². The van der Waals surface area contributed by atoms with Gasteiger partial charge in [-0.25, -0.2) is 0 Å². The van der Waals surface area contributed by atoms with Gasteiger partial charge in [-0.2, -0.15) is 0 Å². The van der Waals surface area contributed by atoms with Crippen molar-refractivity contribution < 1.29 is 0 Å². The van der Waals surface area contributed by atoms with Gasteiger partial charge in [0.25, 0.3) is 0 Å². The van der Waals surface area contributed by atoms with Crippen molar-refractivity contribution in [1.82, 2.24) is 0 Å². The van der Waals surface area contributed by atoms with Crippen molar-refractivity contribution in [3.05, 3.63) is 19.2 Å². The number of nitrogens with two attached hydrogens (primary N) is 2. The minimum absolute atomic E-state index is 0.00690. The lowest BCUT2D eigenvalue weighted by molar-refractivity contribution is 0.427. The molecule has 0 aliphatic carbocycles. The van der Waals surface area contributed by atoms with E-state index < -0.39 is 0 Å². The maximum atomic E-state index is 6.07. The van der Waals surface area contributed by atoms with Crippen LogP contribution in [0.2, 0.25) is 0 Å². The van der Waals surface area contributed by atoms with Crippen molar-refractivity contribution in [2.45, 2.75) is 25.9 Å². The fraction of sp³-hybridized carbons (Fsp3) is 0.556. The highest BCUT2D eigenvalue weighted by molar-refractivity contribution is 9.13. The monoisotopic (exact) mass is 340 g/mol. The lowest BCUT2D eigenvalue weighted by Gasteiger charge is -2.21. The Bertz CT molecular complexity index is 292. The van der Waals surface area contributed by atoms with Crippen LogP contribution in [-0.2, 0) is 0 Å². The maximum absolute atomic E-state index is 6.07. The highest BCUT2D eigenvalue weighted by Crippen LogP contribution is 2.36. The van der Waals surface area contributed by atoms with Crippen LogP contribution in [0.4, 0.5) is 0 Å². The fourth-order valence-electron chi connectivity index (χ4n) is 1.13. The van der Waals surface area contributed by atoms with Crippen molar-refractivity contribution in [1.29, 1.82) is 0 Å². The molecule has 2 unspecified atom stereocenters. The molecule has 1 aromatic rings. The van der Waals surface area contributed by atoms with Crippen LogP contribution in [-0.4, -0.2) is 6.04 Å². The standard InChI is InChI=1S/C9H14Br2N2S/c1-4(2)7(12)8(13)6-3-5(10)9(11)14-6/h3-4,7-8H,12-13H2,1-2H3. The van der Waals surface area contributed by atoms with E-state index in [-0.39, 0.29) is 12.1 Å². The average Bonchev–Trinajstić information content (AvgIpc) is 2.44. The Hall–Kier alpha value is 0.580. The van der Waals surface area contributed by atoms with E-state index in [0.29, 0.717) is 5.92 Å². The molecule has 0 aliphatic rings. The van der Waals surface area contributed by atoms with E-state index in [4.69, 9.17) is 11.5 Å². The molecule has 0 saturated heterocycles. The second-order valence-corrected chi connectivity index (χ2v) is 6.87. The summed E-state index contributed by atoms with van der Waals surface area (Å²) in [5.41, 5.74) is 12.1. The molecular weight excluding hydrogens is 328 g/mol. The first-order valence-electron chi connectivity index (χ1n) is 4.39. The summed E-state index contributed by atoms with van der Waals surface area (Å²) in [4.78, 5) is 1.12. The van der Waals surface area contributed by atoms with E-state index >= 15 is 0 Å². The van der Waals surface area contributed by atoms with E-state index in [0.717, 1.165) is 13.1 Å². The van der Waals surface area contributed by atoms with Crippen LogP contribution in [0.1, 0.15) is 24.8 Å². The normalized spacial score (nSPS) is 15.9. The van der Waals surface area contributed by atoms with E-state index in [1.807, 2.05) is 6.07 Å². The second kappa shape index (κ2) is 5.07. The Morgan fingerprint density at radius 2 is 1.86 bits per heavy atom. The van der Waals surface area contributed by atoms with Gasteiger partial charge in [-0.05, 0) is 43.8 Å². The fourth-order valence-corrected chi connectivity index (χ4v) is 3.28. The summed E-state index contributed by atoms with van der Waals surface area (Å²) >= 11 is 8.52. The van der Waals surface area contributed by atoms with Gasteiger partial charge in [-0.3, -0.25) is 0 Å². The van der Waals surface area contributed by atoms with Crippen molar-refractivity contribution >= 4 is 43.2 Å². The van der Waals surface area contributed by atoms with Crippen molar-refractivity contribution in [3.8, 4) is 0 Å². The Balaban J connectivity index is 2.83. The first kappa shape index (κ1) is 12.6. The van der Waals surface area contributed by atoms with E-state index in [1.165, 1.54) is 0 Å². The molecule has 2 nitrogen and oxygen atoms in total. The van der Waals surface area contributed by atoms with Crippen molar-refractivity contribution in [3.63, 3.8) is 0 Å². The molecule has 0 fully saturated rings. The number of halogens is 2. The molecule has 14 heavy (non-hydrogen) atoms. The molecule has 5 heteroatoms. The second-order valence-electron chi connectivity index (χ2n) is 3.62. The topological polar surface area (TPSA) is 52.0 Å². The Morgan fingerprint density at radius 3 is 2.21 bits per heavy atom. The summed E-state index contributed by atoms with van der Waals surface area (Å²) in [5.74, 6) is 0.393. The molecular formula is C9H14Br2N2S. The van der Waals surface area contributed by atoms with Crippen LogP contribution >= 0.6 is 43.2 Å². The quantitative estimate of drug-likeness (QED) is 0.886. The number of thiophene rings is 1. The molecule has 0 aliphatic heterocycles. The van der Waals surface area contributed by atoms with Crippen LogP contribution in [0.25, 0.3) is 0 Å². The number of rotatable bonds is 3. The summed E-state index contributed by atoms with van der Waals surface area (Å²) in [5, 5.41) is 0. The highest BCUT2D eigenvalue weighted by Gasteiger charge is 2.21. The summed E-state index contributed by atoms with van der Waals surface area (Å²) in [6.07, 6.45) is 0. The predicted octanol–water partition coefficient (Wildman–Crippen LogP) is 3.26. The molecule has 2 atom stereocenters. The van der Waals surface area contributed by atoms with Crippen LogP contribution < -0.4 is 11.5 Å². The van der Waals surface area contributed by atoms with Gasteiger partial charge >= 0.3 is 0 Å². The van der Waals surface area contributed by atoms with E-state index in [9.17, 15) is 0 Å². The SMILES string of the molecule is CC(C)C(N)C(N)c1cc(Br)c(Br)s1. The highest BCUT2D eigenvalue weighted by atomic mass is 79.9. The predicted molar refractivity (Wildman–Crippen MR) is 69.5 cm³/mol. The minimum atomic E-state index is -0.0809. The van der Waals surface area contributed by atoms with Crippen LogP contribution in [0.5, 0.6) is 0 Å². The average molecular weight is 342 g/mol. The zero-order valence-corrected chi connectivity index (χ0v) is 12.1. The Labute approximate surface area is 105 Å². The molecule has 1 aromatic heterocycles. The van der Waals surface area contributed by atoms with Gasteiger partial charge < -0.3 is 11.5 Å². The summed E-state index contributed by atoms with van der Waals surface area (Å²) in [6, 6.07) is 1.96. The van der Waals surface area contributed by atoms with Gasteiger partial charge in [0.2, 0.25) is 0 Å². The zero-order valence-electron chi connectivity index (χ0n) is 8.13. The molecule has 0 radical (unpaired) electrons. The van der Waals surface area contributed by atoms with Crippen LogP contribution in [0, 0.1) is 5.92 Å². The van der Waals surface area contributed by atoms with Gasteiger partial charge in [0.15, 0.2) is 0 Å². The smallest absolute Gasteiger partial charge is 0.0843 e. The molecule has 0 bridgehead atoms. The summed E-state index contributed by atoms with van der Waals surface area (Å²) in [7, 11) is 0. The van der Waals surface area contributed by atoms with Gasteiger partial charge in [0, 0.05) is 15.4 Å². The minimum Gasteiger partial charge on any atom is -0.326 e. The van der Waals surface area contributed by atoms with Gasteiger partial charge in [0.05, 0.1) is 9.83 Å². The van der Waals surface area contributed by atoms with Gasteiger partial charge in [0.1, 0.15) is 0 Å². The first-order valence-corrected chi connectivity index (χ1v) is 6.79. The summed E-state index contributed by atoms with van der Waals surface area (Å²) < 4.78 is 2.11.